The lowest BCUT2D eigenvalue weighted by atomic mass is 10.1. The molecule has 98 valence electrons. The van der Waals surface area contributed by atoms with Crippen LogP contribution in [0.25, 0.3) is 0 Å². The number of benzene rings is 1. The Morgan fingerprint density at radius 1 is 1.37 bits per heavy atom. The average molecular weight is 276 g/mol. The summed E-state index contributed by atoms with van der Waals surface area (Å²) >= 11 is 5.86. The molecule has 1 aromatic carbocycles. The van der Waals surface area contributed by atoms with Crippen LogP contribution in [0, 0.1) is 6.92 Å². The van der Waals surface area contributed by atoms with Gasteiger partial charge in [-0.15, -0.1) is 0 Å². The SMILES string of the molecule is Cc1cc(NCc2ccc(C(N)=O)cc2)cnc1Cl. The zero-order valence-electron chi connectivity index (χ0n) is 10.5. The third-order valence-corrected chi connectivity index (χ3v) is 3.15. The molecule has 0 fully saturated rings. The lowest BCUT2D eigenvalue weighted by Crippen LogP contribution is -2.10. The maximum atomic E-state index is 10.9. The molecule has 19 heavy (non-hydrogen) atoms. The molecule has 1 aromatic heterocycles. The van der Waals surface area contributed by atoms with Crippen molar-refractivity contribution in [1.29, 1.82) is 0 Å². The zero-order chi connectivity index (χ0) is 13.8. The summed E-state index contributed by atoms with van der Waals surface area (Å²) in [6.45, 7) is 2.55. The van der Waals surface area contributed by atoms with Gasteiger partial charge in [0.2, 0.25) is 5.91 Å². The maximum absolute atomic E-state index is 10.9. The predicted molar refractivity (Wildman–Crippen MR) is 76.3 cm³/mol. The van der Waals surface area contributed by atoms with Crippen molar-refractivity contribution in [2.24, 2.45) is 5.73 Å². The number of aryl methyl sites for hydroxylation is 1. The van der Waals surface area contributed by atoms with Crippen LogP contribution in [0.3, 0.4) is 0 Å². The van der Waals surface area contributed by atoms with Gasteiger partial charge in [-0.3, -0.25) is 4.79 Å². The van der Waals surface area contributed by atoms with Crippen LogP contribution in [0.1, 0.15) is 21.5 Å². The Labute approximate surface area is 116 Å². The number of carbonyl (C=O) groups is 1. The fraction of sp³-hybridized carbons (Fsp3) is 0.143. The number of hydrogen-bond donors (Lipinski definition) is 2. The molecule has 0 unspecified atom stereocenters. The quantitative estimate of drug-likeness (QED) is 0.843. The number of halogens is 1. The third kappa shape index (κ3) is 3.45. The Kier molecular flexibility index (Phi) is 4.02. The van der Waals surface area contributed by atoms with E-state index in [-0.39, 0.29) is 0 Å². The standard InChI is InChI=1S/C14H14ClN3O/c1-9-6-12(8-18-13(9)15)17-7-10-2-4-11(5-3-10)14(16)19/h2-6,8,17H,7H2,1H3,(H2,16,19). The Hall–Kier alpha value is -2.07. The van der Waals surface area contributed by atoms with E-state index < -0.39 is 5.91 Å². The van der Waals surface area contributed by atoms with E-state index >= 15 is 0 Å². The molecule has 1 amide bonds. The van der Waals surface area contributed by atoms with Gasteiger partial charge in [0.1, 0.15) is 5.15 Å². The number of hydrogen-bond acceptors (Lipinski definition) is 3. The van der Waals surface area contributed by atoms with Gasteiger partial charge in [-0.2, -0.15) is 0 Å². The van der Waals surface area contributed by atoms with E-state index in [4.69, 9.17) is 17.3 Å². The molecule has 5 heteroatoms. The molecule has 0 aliphatic carbocycles. The monoisotopic (exact) mass is 275 g/mol. The first-order valence-electron chi connectivity index (χ1n) is 5.81. The number of amides is 1. The largest absolute Gasteiger partial charge is 0.380 e. The highest BCUT2D eigenvalue weighted by molar-refractivity contribution is 6.30. The molecule has 0 spiro atoms. The van der Waals surface area contributed by atoms with Crippen LogP contribution in [-0.4, -0.2) is 10.9 Å². The van der Waals surface area contributed by atoms with Crippen molar-refractivity contribution in [2.45, 2.75) is 13.5 Å². The zero-order valence-corrected chi connectivity index (χ0v) is 11.2. The topological polar surface area (TPSA) is 68.0 Å². The van der Waals surface area contributed by atoms with Crippen molar-refractivity contribution in [1.82, 2.24) is 4.98 Å². The second-order valence-electron chi connectivity index (χ2n) is 4.25. The van der Waals surface area contributed by atoms with E-state index in [1.54, 1.807) is 18.3 Å². The molecule has 0 aliphatic rings. The molecule has 0 bridgehead atoms. The number of rotatable bonds is 4. The minimum atomic E-state index is -0.419. The van der Waals surface area contributed by atoms with E-state index in [0.29, 0.717) is 17.3 Å². The fourth-order valence-corrected chi connectivity index (χ4v) is 1.75. The minimum Gasteiger partial charge on any atom is -0.380 e. The van der Waals surface area contributed by atoms with Crippen molar-refractivity contribution < 1.29 is 4.79 Å². The maximum Gasteiger partial charge on any atom is 0.248 e. The van der Waals surface area contributed by atoms with Gasteiger partial charge in [0.25, 0.3) is 0 Å². The molecule has 2 rings (SSSR count). The molecule has 0 radical (unpaired) electrons. The molecule has 1 heterocycles. The normalized spacial score (nSPS) is 10.2. The average Bonchev–Trinajstić information content (AvgIpc) is 2.40. The molecular formula is C14H14ClN3O. The summed E-state index contributed by atoms with van der Waals surface area (Å²) in [5.74, 6) is -0.419. The van der Waals surface area contributed by atoms with Gasteiger partial charge < -0.3 is 11.1 Å². The van der Waals surface area contributed by atoms with Crippen LogP contribution in [-0.2, 0) is 6.54 Å². The summed E-state index contributed by atoms with van der Waals surface area (Å²) in [5.41, 5.74) is 8.58. The number of nitrogens with one attached hydrogen (secondary N) is 1. The molecule has 0 atom stereocenters. The van der Waals surface area contributed by atoms with Crippen LogP contribution in [0.2, 0.25) is 5.15 Å². The Morgan fingerprint density at radius 2 is 2.05 bits per heavy atom. The van der Waals surface area contributed by atoms with Crippen molar-refractivity contribution in [3.63, 3.8) is 0 Å². The predicted octanol–water partition coefficient (Wildman–Crippen LogP) is 2.75. The molecular weight excluding hydrogens is 262 g/mol. The first kappa shape index (κ1) is 13.4. The van der Waals surface area contributed by atoms with Gasteiger partial charge >= 0.3 is 0 Å². The number of nitrogens with two attached hydrogens (primary N) is 1. The van der Waals surface area contributed by atoms with E-state index in [0.717, 1.165) is 16.8 Å². The number of anilines is 1. The molecule has 0 saturated heterocycles. The van der Waals surface area contributed by atoms with E-state index in [2.05, 4.69) is 10.3 Å². The number of nitrogens with zero attached hydrogens (tertiary/aromatic N) is 1. The van der Waals surface area contributed by atoms with Crippen LogP contribution < -0.4 is 11.1 Å². The summed E-state index contributed by atoms with van der Waals surface area (Å²) in [6.07, 6.45) is 1.69. The van der Waals surface area contributed by atoms with E-state index in [1.165, 1.54) is 0 Å². The molecule has 3 N–H and O–H groups in total. The Balaban J connectivity index is 2.01. The Morgan fingerprint density at radius 3 is 2.63 bits per heavy atom. The number of aromatic nitrogens is 1. The number of pyridine rings is 1. The van der Waals surface area contributed by atoms with Crippen LogP contribution in [0.5, 0.6) is 0 Å². The lowest BCUT2D eigenvalue weighted by molar-refractivity contribution is 0.100. The van der Waals surface area contributed by atoms with E-state index in [9.17, 15) is 4.79 Å². The number of primary amides is 1. The molecule has 0 saturated carbocycles. The van der Waals surface area contributed by atoms with Gasteiger partial charge in [-0.1, -0.05) is 23.7 Å². The van der Waals surface area contributed by atoms with Crippen LogP contribution in [0.15, 0.2) is 36.5 Å². The lowest BCUT2D eigenvalue weighted by Gasteiger charge is -2.08. The van der Waals surface area contributed by atoms with Gasteiger partial charge in [0.05, 0.1) is 11.9 Å². The summed E-state index contributed by atoms with van der Waals surface area (Å²) < 4.78 is 0. The second kappa shape index (κ2) is 5.71. The minimum absolute atomic E-state index is 0.419. The van der Waals surface area contributed by atoms with E-state index in [1.807, 2.05) is 25.1 Å². The van der Waals surface area contributed by atoms with Crippen molar-refractivity contribution in [2.75, 3.05) is 5.32 Å². The Bertz CT molecular complexity index is 596. The highest BCUT2D eigenvalue weighted by atomic mass is 35.5. The summed E-state index contributed by atoms with van der Waals surface area (Å²) in [5, 5.41) is 3.75. The van der Waals surface area contributed by atoms with Crippen molar-refractivity contribution in [3.05, 3.63) is 58.4 Å². The smallest absolute Gasteiger partial charge is 0.248 e. The first-order chi connectivity index (χ1) is 9.06. The highest BCUT2D eigenvalue weighted by Gasteiger charge is 2.01. The molecule has 2 aromatic rings. The van der Waals surface area contributed by atoms with Gasteiger partial charge in [-0.25, -0.2) is 4.98 Å². The van der Waals surface area contributed by atoms with Gasteiger partial charge in [0, 0.05) is 12.1 Å². The van der Waals surface area contributed by atoms with Crippen LogP contribution >= 0.6 is 11.6 Å². The van der Waals surface area contributed by atoms with Crippen LogP contribution in [0.4, 0.5) is 5.69 Å². The fourth-order valence-electron chi connectivity index (χ4n) is 1.65. The summed E-state index contributed by atoms with van der Waals surface area (Å²) in [4.78, 5) is 15.0. The molecule has 0 aliphatic heterocycles. The third-order valence-electron chi connectivity index (χ3n) is 2.75. The highest BCUT2D eigenvalue weighted by Crippen LogP contribution is 2.16. The first-order valence-corrected chi connectivity index (χ1v) is 6.19. The molecule has 4 nitrogen and oxygen atoms in total. The van der Waals surface area contributed by atoms with Gasteiger partial charge in [-0.05, 0) is 36.2 Å². The second-order valence-corrected chi connectivity index (χ2v) is 4.60. The van der Waals surface area contributed by atoms with Crippen molar-refractivity contribution in [3.8, 4) is 0 Å². The summed E-state index contributed by atoms with van der Waals surface area (Å²) in [6, 6.07) is 9.09. The number of carbonyl (C=O) groups excluding carboxylic acids is 1. The summed E-state index contributed by atoms with van der Waals surface area (Å²) in [7, 11) is 0. The van der Waals surface area contributed by atoms with Crippen molar-refractivity contribution >= 4 is 23.2 Å². The van der Waals surface area contributed by atoms with Gasteiger partial charge in [0.15, 0.2) is 0 Å².